The molecule has 1 saturated heterocycles. The van der Waals surface area contributed by atoms with E-state index < -0.39 is 33.3 Å². The van der Waals surface area contributed by atoms with E-state index in [2.05, 4.69) is 10.4 Å². The maximum Gasteiger partial charge on any atom is 0.359 e. The number of nitrogens with one attached hydrogen (secondary N) is 1. The number of ether oxygens (including phenoxy) is 2. The molecular weight excluding hydrogens is 563 g/mol. The lowest BCUT2D eigenvalue weighted by atomic mass is 10.2. The number of fused-ring (bicyclic) bond motifs is 1. The number of carbonyl (C=O) groups is 2. The second kappa shape index (κ2) is 11.3. The molecule has 0 atom stereocenters. The quantitative estimate of drug-likeness (QED) is 0.327. The molecule has 0 aliphatic carbocycles. The van der Waals surface area contributed by atoms with Crippen molar-refractivity contribution in [2.24, 2.45) is 0 Å². The minimum Gasteiger partial charge on any atom is -0.461 e. The smallest absolute Gasteiger partial charge is 0.359 e. The number of aromatic nitrogens is 2. The van der Waals surface area contributed by atoms with Gasteiger partial charge in [-0.25, -0.2) is 17.6 Å². The van der Waals surface area contributed by atoms with E-state index in [9.17, 15) is 27.2 Å². The van der Waals surface area contributed by atoms with Crippen LogP contribution in [0.25, 0.3) is 16.5 Å². The molecule has 4 aromatic rings. The third kappa shape index (κ3) is 5.25. The lowest BCUT2D eigenvalue weighted by Crippen LogP contribution is -2.40. The normalized spacial score (nSPS) is 14.2. The molecule has 1 amide bonds. The van der Waals surface area contributed by atoms with E-state index in [1.165, 1.54) is 52.1 Å². The molecule has 2 aromatic heterocycles. The van der Waals surface area contributed by atoms with Gasteiger partial charge in [-0.2, -0.15) is 14.1 Å². The van der Waals surface area contributed by atoms with Gasteiger partial charge >= 0.3 is 5.97 Å². The summed E-state index contributed by atoms with van der Waals surface area (Å²) in [4.78, 5) is 39.3. The number of esters is 1. The van der Waals surface area contributed by atoms with E-state index in [1.54, 1.807) is 6.92 Å². The van der Waals surface area contributed by atoms with E-state index in [4.69, 9.17) is 9.47 Å². The first-order chi connectivity index (χ1) is 19.2. The molecule has 11 nitrogen and oxygen atoms in total. The molecule has 3 heterocycles. The van der Waals surface area contributed by atoms with Gasteiger partial charge in [0.2, 0.25) is 10.0 Å². The number of anilines is 1. The minimum atomic E-state index is -3.74. The number of benzene rings is 2. The van der Waals surface area contributed by atoms with Gasteiger partial charge in [0.15, 0.2) is 5.69 Å². The van der Waals surface area contributed by atoms with Gasteiger partial charge < -0.3 is 14.8 Å². The second-order valence-corrected chi connectivity index (χ2v) is 11.4. The monoisotopic (exact) mass is 586 g/mol. The average Bonchev–Trinajstić information content (AvgIpc) is 3.38. The number of carbonyl (C=O) groups excluding carboxylic acids is 2. The average molecular weight is 587 g/mol. The van der Waals surface area contributed by atoms with Crippen molar-refractivity contribution < 1.29 is 31.9 Å². The highest BCUT2D eigenvalue weighted by Crippen LogP contribution is 2.31. The zero-order valence-corrected chi connectivity index (χ0v) is 22.8. The zero-order chi connectivity index (χ0) is 28.4. The van der Waals surface area contributed by atoms with Crippen LogP contribution in [0.2, 0.25) is 0 Å². The van der Waals surface area contributed by atoms with E-state index in [0.29, 0.717) is 13.2 Å². The number of halogens is 1. The SMILES string of the molecule is CCOC(=O)c1nn(-c2cccc(F)c2)c(=O)c2c(NC(=O)c3ccc(S(=O)(=O)N4CCOCC4)cc3)scc12. The number of hydrogen-bond acceptors (Lipinski definition) is 9. The Labute approximate surface area is 231 Å². The largest absolute Gasteiger partial charge is 0.461 e. The third-order valence-corrected chi connectivity index (χ3v) is 8.93. The highest BCUT2D eigenvalue weighted by Gasteiger charge is 2.27. The molecule has 2 aromatic carbocycles. The van der Waals surface area contributed by atoms with Crippen LogP contribution < -0.4 is 10.9 Å². The lowest BCUT2D eigenvalue weighted by Gasteiger charge is -2.26. The van der Waals surface area contributed by atoms with Gasteiger partial charge in [-0.05, 0) is 49.4 Å². The predicted octanol–water partition coefficient (Wildman–Crippen LogP) is 3.04. The van der Waals surface area contributed by atoms with Crippen LogP contribution in [-0.4, -0.2) is 67.3 Å². The first kappa shape index (κ1) is 27.6. The number of amides is 1. The number of morpholine rings is 1. The molecule has 0 spiro atoms. The summed E-state index contributed by atoms with van der Waals surface area (Å²) in [5, 5.41) is 8.60. The minimum absolute atomic E-state index is 0.00724. The zero-order valence-electron chi connectivity index (χ0n) is 21.1. The molecular formula is C26H23FN4O7S2. The Hall–Kier alpha value is -3.98. The Bertz CT molecular complexity index is 1760. The van der Waals surface area contributed by atoms with Gasteiger partial charge in [-0.15, -0.1) is 11.3 Å². The van der Waals surface area contributed by atoms with Crippen LogP contribution in [-0.2, 0) is 19.5 Å². The molecule has 1 fully saturated rings. The van der Waals surface area contributed by atoms with Gasteiger partial charge in [-0.3, -0.25) is 9.59 Å². The van der Waals surface area contributed by atoms with Crippen LogP contribution in [0.1, 0.15) is 27.8 Å². The standard InChI is InChI=1S/C26H23FN4O7S2/c1-2-38-26(34)22-20-15-39-24(21(20)25(33)31(29-22)18-5-3-4-17(27)14-18)28-23(32)16-6-8-19(9-7-16)40(35,36)30-10-12-37-13-11-30/h3-9,14-15H,2,10-13H2,1H3,(H,28,32). The molecule has 208 valence electrons. The summed E-state index contributed by atoms with van der Waals surface area (Å²) in [6, 6.07) is 10.6. The fourth-order valence-corrected chi connectivity index (χ4v) is 6.50. The topological polar surface area (TPSA) is 137 Å². The Morgan fingerprint density at radius 1 is 1.15 bits per heavy atom. The number of sulfonamides is 1. The second-order valence-electron chi connectivity index (χ2n) is 8.61. The maximum atomic E-state index is 13.9. The summed E-state index contributed by atoms with van der Waals surface area (Å²) in [5.74, 6) is -2.00. The number of thiophene rings is 1. The van der Waals surface area contributed by atoms with Crippen molar-refractivity contribution in [1.29, 1.82) is 0 Å². The molecule has 14 heteroatoms. The van der Waals surface area contributed by atoms with Crippen molar-refractivity contribution >= 4 is 49.0 Å². The highest BCUT2D eigenvalue weighted by molar-refractivity contribution is 7.89. The molecule has 1 N–H and O–H groups in total. The molecule has 0 saturated carbocycles. The van der Waals surface area contributed by atoms with Crippen LogP contribution in [0, 0.1) is 5.82 Å². The van der Waals surface area contributed by atoms with Gasteiger partial charge in [-0.1, -0.05) is 6.07 Å². The first-order valence-electron chi connectivity index (χ1n) is 12.2. The Morgan fingerprint density at radius 3 is 2.55 bits per heavy atom. The summed E-state index contributed by atoms with van der Waals surface area (Å²) in [6.07, 6.45) is 0. The van der Waals surface area contributed by atoms with Gasteiger partial charge in [0.1, 0.15) is 10.8 Å². The Kier molecular flexibility index (Phi) is 7.76. The highest BCUT2D eigenvalue weighted by atomic mass is 32.2. The predicted molar refractivity (Wildman–Crippen MR) is 145 cm³/mol. The Morgan fingerprint density at radius 2 is 1.88 bits per heavy atom. The van der Waals surface area contributed by atoms with Crippen LogP contribution >= 0.6 is 11.3 Å². The van der Waals surface area contributed by atoms with Gasteiger partial charge in [0, 0.05) is 29.4 Å². The van der Waals surface area contributed by atoms with Crippen LogP contribution in [0.5, 0.6) is 0 Å². The van der Waals surface area contributed by atoms with Gasteiger partial charge in [0.25, 0.3) is 11.5 Å². The molecule has 40 heavy (non-hydrogen) atoms. The summed E-state index contributed by atoms with van der Waals surface area (Å²) in [7, 11) is -3.74. The molecule has 0 bridgehead atoms. The molecule has 0 radical (unpaired) electrons. The van der Waals surface area contributed by atoms with Crippen LogP contribution in [0.15, 0.2) is 63.6 Å². The van der Waals surface area contributed by atoms with E-state index in [1.807, 2.05) is 0 Å². The van der Waals surface area contributed by atoms with Crippen molar-refractivity contribution in [3.63, 3.8) is 0 Å². The molecule has 5 rings (SSSR count). The molecule has 0 unspecified atom stereocenters. The Balaban J connectivity index is 1.50. The number of rotatable bonds is 7. The van der Waals surface area contributed by atoms with Crippen molar-refractivity contribution in [2.75, 3.05) is 38.2 Å². The molecule has 1 aliphatic rings. The summed E-state index contributed by atoms with van der Waals surface area (Å²) in [6.45, 7) is 2.78. The van der Waals surface area contributed by atoms with Crippen LogP contribution in [0.4, 0.5) is 9.39 Å². The van der Waals surface area contributed by atoms with E-state index in [0.717, 1.165) is 22.1 Å². The van der Waals surface area contributed by atoms with Crippen molar-refractivity contribution in [3.05, 3.63) is 81.3 Å². The lowest BCUT2D eigenvalue weighted by molar-refractivity contribution is 0.0519. The number of hydrogen-bond donors (Lipinski definition) is 1. The van der Waals surface area contributed by atoms with Crippen molar-refractivity contribution in [1.82, 2.24) is 14.1 Å². The first-order valence-corrected chi connectivity index (χ1v) is 14.5. The number of nitrogens with zero attached hydrogens (tertiary/aromatic N) is 3. The van der Waals surface area contributed by atoms with Crippen molar-refractivity contribution in [3.8, 4) is 5.69 Å². The fourth-order valence-electron chi connectivity index (χ4n) is 4.16. The van der Waals surface area contributed by atoms with E-state index in [-0.39, 0.29) is 57.3 Å². The fraction of sp³-hybridized carbons (Fsp3) is 0.231. The third-order valence-electron chi connectivity index (χ3n) is 6.13. The summed E-state index contributed by atoms with van der Waals surface area (Å²) >= 11 is 1.00. The van der Waals surface area contributed by atoms with E-state index >= 15 is 0 Å². The maximum absolute atomic E-state index is 13.9. The van der Waals surface area contributed by atoms with Gasteiger partial charge in [0.05, 0.1) is 35.8 Å². The summed E-state index contributed by atoms with van der Waals surface area (Å²) in [5.41, 5.74) is -0.627. The summed E-state index contributed by atoms with van der Waals surface area (Å²) < 4.78 is 52.2. The van der Waals surface area contributed by atoms with Crippen molar-refractivity contribution in [2.45, 2.75) is 11.8 Å². The van der Waals surface area contributed by atoms with Crippen LogP contribution in [0.3, 0.4) is 0 Å². The molecule has 1 aliphatic heterocycles.